The van der Waals surface area contributed by atoms with Crippen molar-refractivity contribution in [3.8, 4) is 0 Å². The fraction of sp³-hybridized carbons (Fsp3) is 0.830. The molecular formula is C53H89N7O13. The Balaban J connectivity index is 1.20. The molecule has 0 spiro atoms. The summed E-state index contributed by atoms with van der Waals surface area (Å²) in [4.78, 5) is 31.9. The minimum Gasteiger partial charge on any atom is -0.459 e. The van der Waals surface area contributed by atoms with E-state index in [1.54, 1.807) is 46.8 Å². The lowest BCUT2D eigenvalue weighted by Gasteiger charge is -2.48. The molecule has 0 amide bonds. The number of non-ortho nitro benzene ring substituents is 1. The second kappa shape index (κ2) is 24.8. The van der Waals surface area contributed by atoms with Crippen LogP contribution >= 0.6 is 0 Å². The molecule has 20 heteroatoms. The zero-order chi connectivity index (χ0) is 53.7. The summed E-state index contributed by atoms with van der Waals surface area (Å²) in [5.74, 6) is -2.49. The minimum absolute atomic E-state index is 0.0493. The Morgan fingerprint density at radius 3 is 2.33 bits per heavy atom. The quantitative estimate of drug-likeness (QED) is 0.107. The lowest BCUT2D eigenvalue weighted by molar-refractivity contribution is -0.384. The summed E-state index contributed by atoms with van der Waals surface area (Å²) in [6, 6.07) is 6.55. The summed E-state index contributed by atoms with van der Waals surface area (Å²) in [5.41, 5.74) is -2.35. The number of carbonyl (C=O) groups excluding carboxylic acids is 1. The summed E-state index contributed by atoms with van der Waals surface area (Å²) in [6.45, 7) is 21.6. The van der Waals surface area contributed by atoms with Gasteiger partial charge in [-0.3, -0.25) is 24.5 Å². The number of nitrogens with zero attached hydrogens (tertiary/aromatic N) is 7. The number of cyclic esters (lactones) is 1. The van der Waals surface area contributed by atoms with E-state index in [1.165, 1.54) is 14.0 Å². The number of methoxy groups -OCH3 is 1. The van der Waals surface area contributed by atoms with E-state index >= 15 is 0 Å². The van der Waals surface area contributed by atoms with E-state index in [4.69, 9.17) is 28.4 Å². The van der Waals surface area contributed by atoms with E-state index in [1.807, 2.05) is 62.7 Å². The Kier molecular flexibility index (Phi) is 20.1. The van der Waals surface area contributed by atoms with Gasteiger partial charge in [-0.05, 0) is 113 Å². The van der Waals surface area contributed by atoms with Gasteiger partial charge < -0.3 is 58.6 Å². The van der Waals surface area contributed by atoms with Crippen LogP contribution in [0.25, 0.3) is 0 Å². The van der Waals surface area contributed by atoms with Gasteiger partial charge in [-0.2, -0.15) is 0 Å². The molecule has 1 aromatic heterocycles. The first kappa shape index (κ1) is 59.0. The topological polar surface area (TPSA) is 237 Å². The van der Waals surface area contributed by atoms with Crippen LogP contribution in [-0.2, 0) is 52.7 Å². The summed E-state index contributed by atoms with van der Waals surface area (Å²) >= 11 is 0. The molecule has 414 valence electrons. The molecular weight excluding hydrogens is 943 g/mol. The van der Waals surface area contributed by atoms with Gasteiger partial charge >= 0.3 is 5.97 Å². The van der Waals surface area contributed by atoms with Crippen molar-refractivity contribution in [2.24, 2.45) is 17.8 Å². The van der Waals surface area contributed by atoms with Gasteiger partial charge in [0.15, 0.2) is 12.6 Å². The van der Waals surface area contributed by atoms with Crippen LogP contribution in [0.4, 0.5) is 5.69 Å². The number of nitro benzene ring substituents is 1. The van der Waals surface area contributed by atoms with Crippen LogP contribution in [0, 0.1) is 27.9 Å². The molecule has 5 heterocycles. The van der Waals surface area contributed by atoms with Crippen molar-refractivity contribution >= 4 is 11.7 Å². The van der Waals surface area contributed by atoms with Crippen LogP contribution < -0.4 is 0 Å². The van der Waals surface area contributed by atoms with Gasteiger partial charge in [0.05, 0.1) is 58.7 Å². The van der Waals surface area contributed by atoms with Crippen molar-refractivity contribution in [3.05, 3.63) is 51.8 Å². The van der Waals surface area contributed by atoms with Crippen molar-refractivity contribution in [1.82, 2.24) is 29.7 Å². The Hall–Kier alpha value is -3.25. The summed E-state index contributed by atoms with van der Waals surface area (Å²) in [6.07, 6.45) is -1.14. The number of esters is 1. The molecule has 2 aromatic rings. The Bertz CT molecular complexity index is 2080. The highest BCUT2D eigenvalue weighted by molar-refractivity contribution is 5.73. The smallest absolute Gasteiger partial charge is 0.311 e. The van der Waals surface area contributed by atoms with Crippen LogP contribution in [0.3, 0.4) is 0 Å². The monoisotopic (exact) mass is 1030 g/mol. The van der Waals surface area contributed by atoms with Crippen molar-refractivity contribution in [1.29, 1.82) is 0 Å². The van der Waals surface area contributed by atoms with Gasteiger partial charge in [-0.1, -0.05) is 38.1 Å². The van der Waals surface area contributed by atoms with Gasteiger partial charge in [0, 0.05) is 88.4 Å². The normalized spacial score (nSPS) is 40.0. The van der Waals surface area contributed by atoms with Crippen LogP contribution in [0.5, 0.6) is 0 Å². The Morgan fingerprint density at radius 2 is 1.67 bits per heavy atom. The molecule has 0 radical (unpaired) electrons. The third-order valence-corrected chi connectivity index (χ3v) is 16.8. The Labute approximate surface area is 433 Å². The molecule has 0 saturated carbocycles. The average molecular weight is 1030 g/mol. The average Bonchev–Trinajstić information content (AvgIpc) is 3.99. The SMILES string of the molecule is CC[C@H]1OC(=O)[C@H](C)[C@@H](O[C@H]2C[C@@](C)(OC)[C@@H](O)[C@H](C)O2)[C@H](C)[C@@H](O[C@H]2C[C@@H](N(C)CCc3cn(C[C@@H]4CCCN4Cc4ccc([N+](=O)[O-])cc4)nn3)C[C@@H](C)O2)[C@](C)(O)C[C@@H](C)CN(C)[C@H](C)[C@@H](O)[C@]1(C)O. The summed E-state index contributed by atoms with van der Waals surface area (Å²) in [7, 11) is 5.48. The molecule has 4 saturated heterocycles. The number of likely N-dealkylation sites (N-methyl/N-ethyl adjacent to an activating group) is 2. The van der Waals surface area contributed by atoms with E-state index in [9.17, 15) is 35.3 Å². The van der Waals surface area contributed by atoms with E-state index < -0.39 is 89.9 Å². The van der Waals surface area contributed by atoms with Crippen molar-refractivity contribution in [2.75, 3.05) is 40.8 Å². The lowest BCUT2D eigenvalue weighted by Crippen LogP contribution is -2.59. The molecule has 4 N–H and O–H groups in total. The molecule has 0 aliphatic carbocycles. The molecule has 20 nitrogen and oxygen atoms in total. The molecule has 4 aliphatic heterocycles. The maximum atomic E-state index is 14.5. The number of ether oxygens (including phenoxy) is 6. The van der Waals surface area contributed by atoms with Crippen molar-refractivity contribution in [2.45, 2.75) is 224 Å². The molecule has 18 atom stereocenters. The van der Waals surface area contributed by atoms with E-state index in [0.29, 0.717) is 39.0 Å². The largest absolute Gasteiger partial charge is 0.459 e. The number of hydrogen-bond acceptors (Lipinski definition) is 18. The summed E-state index contributed by atoms with van der Waals surface area (Å²) < 4.78 is 40.7. The molecule has 4 aliphatic rings. The second-order valence-electron chi connectivity index (χ2n) is 22.9. The fourth-order valence-corrected chi connectivity index (χ4v) is 12.1. The first-order valence-electron chi connectivity index (χ1n) is 26.7. The van der Waals surface area contributed by atoms with Gasteiger partial charge in [0.25, 0.3) is 5.69 Å². The number of carbonyl (C=O) groups is 1. The molecule has 73 heavy (non-hydrogen) atoms. The highest BCUT2D eigenvalue weighted by Crippen LogP contribution is 2.40. The second-order valence-corrected chi connectivity index (χ2v) is 22.9. The van der Waals surface area contributed by atoms with Gasteiger partial charge in [-0.25, -0.2) is 0 Å². The van der Waals surface area contributed by atoms with E-state index in [-0.39, 0.29) is 54.0 Å². The number of aliphatic hydroxyl groups excluding tert-OH is 2. The number of benzene rings is 1. The lowest BCUT2D eigenvalue weighted by atomic mass is 9.77. The predicted octanol–water partition coefficient (Wildman–Crippen LogP) is 4.71. The molecule has 0 unspecified atom stereocenters. The van der Waals surface area contributed by atoms with Crippen molar-refractivity contribution < 1.29 is 58.6 Å². The highest BCUT2D eigenvalue weighted by atomic mass is 16.7. The number of rotatable bonds is 15. The van der Waals surface area contributed by atoms with Crippen LogP contribution in [0.1, 0.15) is 125 Å². The summed E-state index contributed by atoms with van der Waals surface area (Å²) in [5, 5.41) is 67.7. The molecule has 4 fully saturated rings. The van der Waals surface area contributed by atoms with E-state index in [2.05, 4.69) is 27.2 Å². The number of hydrogen-bond donors (Lipinski definition) is 4. The zero-order valence-corrected chi connectivity index (χ0v) is 45.8. The standard InChI is InChI=1S/C53H89N7O13/c1-14-43-53(10,65)47(61)36(6)57(12)28-32(2)26-51(8,64)49(34(4)46(35(5)50(63)71-43)72-45-27-52(9,68-13)48(62)37(7)70-45)73-44-25-42(24-33(3)69-44)56(11)23-21-39-30-59(55-54-39)31-41-16-15-22-58(41)29-38-17-19-40(20-18-38)60(66)67/h17-20,30,32-37,41-49,61-62,64-65H,14-16,21-29,31H2,1-13H3/t32-,33-,34+,35-,36-,37+,41+,42+,43-,44+,45+,46+,47-,48+,49-,51-,52-,53-/m1/s1. The number of nitro groups is 1. The van der Waals surface area contributed by atoms with Gasteiger partial charge in [-0.15, -0.1) is 5.10 Å². The van der Waals surface area contributed by atoms with Crippen LogP contribution in [0.2, 0.25) is 0 Å². The minimum atomic E-state index is -1.81. The first-order chi connectivity index (χ1) is 34.3. The maximum Gasteiger partial charge on any atom is 0.311 e. The number of aromatic nitrogens is 3. The molecule has 1 aromatic carbocycles. The van der Waals surface area contributed by atoms with Gasteiger partial charge in [0.2, 0.25) is 0 Å². The maximum absolute atomic E-state index is 14.5. The molecule has 6 rings (SSSR count). The van der Waals surface area contributed by atoms with E-state index in [0.717, 1.165) is 37.1 Å². The number of aliphatic hydroxyl groups is 4. The molecule has 0 bridgehead atoms. The predicted molar refractivity (Wildman–Crippen MR) is 272 cm³/mol. The fourth-order valence-electron chi connectivity index (χ4n) is 12.1. The van der Waals surface area contributed by atoms with Crippen LogP contribution in [-0.4, -0.2) is 192 Å². The third-order valence-electron chi connectivity index (χ3n) is 16.8. The zero-order valence-electron chi connectivity index (χ0n) is 45.8. The van der Waals surface area contributed by atoms with Crippen molar-refractivity contribution in [3.63, 3.8) is 0 Å². The van der Waals surface area contributed by atoms with Crippen LogP contribution in [0.15, 0.2) is 30.5 Å². The first-order valence-corrected chi connectivity index (χ1v) is 26.7. The highest BCUT2D eigenvalue weighted by Gasteiger charge is 2.52. The number of likely N-dealkylation sites (tertiary alicyclic amines) is 1. The van der Waals surface area contributed by atoms with Gasteiger partial charge in [0.1, 0.15) is 23.9 Å². The third kappa shape index (κ3) is 14.4. The Morgan fingerprint density at radius 1 is 0.973 bits per heavy atom.